The van der Waals surface area contributed by atoms with Crippen molar-refractivity contribution in [2.75, 3.05) is 6.61 Å². The van der Waals surface area contributed by atoms with Crippen LogP contribution in [0.4, 0.5) is 0 Å². The molecule has 0 aromatic heterocycles. The third-order valence-electron chi connectivity index (χ3n) is 5.99. The number of rotatable bonds is 12. The van der Waals surface area contributed by atoms with E-state index in [9.17, 15) is 10.2 Å². The molecule has 0 spiro atoms. The Bertz CT molecular complexity index is 704. The van der Waals surface area contributed by atoms with Crippen molar-refractivity contribution in [1.29, 1.82) is 0 Å². The van der Waals surface area contributed by atoms with E-state index in [2.05, 4.69) is 38.1 Å². The summed E-state index contributed by atoms with van der Waals surface area (Å²) in [5.41, 5.74) is 2.41. The number of aliphatic hydroxyl groups is 2. The van der Waals surface area contributed by atoms with Gasteiger partial charge >= 0.3 is 0 Å². The first kappa shape index (κ1) is 23.4. The van der Waals surface area contributed by atoms with Gasteiger partial charge in [0.25, 0.3) is 0 Å². The van der Waals surface area contributed by atoms with E-state index in [1.54, 1.807) is 0 Å². The van der Waals surface area contributed by atoms with Gasteiger partial charge in [0.15, 0.2) is 0 Å². The van der Waals surface area contributed by atoms with Crippen LogP contribution >= 0.6 is 0 Å². The van der Waals surface area contributed by atoms with Crippen molar-refractivity contribution in [1.82, 2.24) is 0 Å². The molecule has 0 heterocycles. The maximum atomic E-state index is 11.1. The maximum Gasteiger partial charge on any atom is 0.119 e. The number of hydrogen-bond donors (Lipinski definition) is 2. The quantitative estimate of drug-likeness (QED) is 0.420. The smallest absolute Gasteiger partial charge is 0.119 e. The van der Waals surface area contributed by atoms with E-state index in [0.29, 0.717) is 6.61 Å². The lowest BCUT2D eigenvalue weighted by molar-refractivity contribution is -0.00286. The van der Waals surface area contributed by atoms with E-state index in [1.807, 2.05) is 38.1 Å². The van der Waals surface area contributed by atoms with Gasteiger partial charge in [-0.25, -0.2) is 0 Å². The minimum Gasteiger partial charge on any atom is -0.494 e. The van der Waals surface area contributed by atoms with Crippen molar-refractivity contribution in [3.05, 3.63) is 65.2 Å². The Kier molecular flexibility index (Phi) is 9.19. The number of benzene rings is 2. The summed E-state index contributed by atoms with van der Waals surface area (Å²) in [6.07, 6.45) is 5.64. The SMILES string of the molecule is CCCC(O)c1ccc(CCCCC(C)C(C)(O)c2ccc(OCC)cc2)cc1. The Morgan fingerprint density at radius 3 is 2.17 bits per heavy atom. The molecule has 0 fully saturated rings. The molecule has 0 saturated heterocycles. The number of unbranched alkanes of at least 4 members (excludes halogenated alkanes) is 1. The van der Waals surface area contributed by atoms with Crippen molar-refractivity contribution in [3.8, 4) is 5.75 Å². The van der Waals surface area contributed by atoms with Gasteiger partial charge in [-0.3, -0.25) is 0 Å². The van der Waals surface area contributed by atoms with Crippen LogP contribution in [0.15, 0.2) is 48.5 Å². The van der Waals surface area contributed by atoms with Crippen molar-refractivity contribution in [2.45, 2.75) is 77.9 Å². The number of ether oxygens (including phenoxy) is 1. The van der Waals surface area contributed by atoms with Crippen molar-refractivity contribution >= 4 is 0 Å². The minimum atomic E-state index is -0.845. The fraction of sp³-hybridized carbons (Fsp3) is 0.538. The molecular formula is C26H38O3. The van der Waals surface area contributed by atoms with Crippen LogP contribution in [0.1, 0.15) is 82.6 Å². The molecule has 160 valence electrons. The van der Waals surface area contributed by atoms with E-state index in [1.165, 1.54) is 5.56 Å². The largest absolute Gasteiger partial charge is 0.494 e. The van der Waals surface area contributed by atoms with E-state index < -0.39 is 5.60 Å². The average Bonchev–Trinajstić information content (AvgIpc) is 2.72. The Hall–Kier alpha value is -1.84. The molecule has 3 heteroatoms. The van der Waals surface area contributed by atoms with E-state index in [4.69, 9.17) is 4.74 Å². The third kappa shape index (κ3) is 6.87. The highest BCUT2D eigenvalue weighted by Crippen LogP contribution is 2.33. The van der Waals surface area contributed by atoms with Gasteiger partial charge in [-0.05, 0) is 74.3 Å². The van der Waals surface area contributed by atoms with E-state index in [0.717, 1.165) is 55.4 Å². The lowest BCUT2D eigenvalue weighted by atomic mass is 9.81. The first-order valence-corrected chi connectivity index (χ1v) is 11.1. The number of aryl methyl sites for hydroxylation is 1. The van der Waals surface area contributed by atoms with Gasteiger partial charge < -0.3 is 14.9 Å². The molecule has 3 unspecified atom stereocenters. The summed E-state index contributed by atoms with van der Waals surface area (Å²) in [4.78, 5) is 0. The Morgan fingerprint density at radius 1 is 0.931 bits per heavy atom. The fourth-order valence-corrected chi connectivity index (χ4v) is 3.75. The van der Waals surface area contributed by atoms with Gasteiger partial charge in [0.05, 0.1) is 18.3 Å². The molecule has 2 N–H and O–H groups in total. The predicted molar refractivity (Wildman–Crippen MR) is 120 cm³/mol. The highest BCUT2D eigenvalue weighted by Gasteiger charge is 2.29. The van der Waals surface area contributed by atoms with Crippen molar-refractivity contribution in [2.24, 2.45) is 5.92 Å². The highest BCUT2D eigenvalue weighted by atomic mass is 16.5. The molecule has 2 rings (SSSR count). The standard InChI is InChI=1S/C26H38O3/c1-5-9-25(27)22-14-12-21(13-15-22)11-8-7-10-20(3)26(4,28)23-16-18-24(19-17-23)29-6-2/h12-20,25,27-28H,5-11H2,1-4H3. The molecule has 0 bridgehead atoms. The first-order valence-electron chi connectivity index (χ1n) is 11.1. The van der Waals surface area contributed by atoms with E-state index >= 15 is 0 Å². The zero-order chi connectivity index (χ0) is 21.3. The molecule has 3 nitrogen and oxygen atoms in total. The second kappa shape index (κ2) is 11.4. The predicted octanol–water partition coefficient (Wildman–Crippen LogP) is 6.18. The monoisotopic (exact) mass is 398 g/mol. The summed E-state index contributed by atoms with van der Waals surface area (Å²) in [5.74, 6) is 1.01. The fourth-order valence-electron chi connectivity index (χ4n) is 3.75. The second-order valence-corrected chi connectivity index (χ2v) is 8.30. The molecule has 0 aliphatic rings. The molecule has 0 aliphatic heterocycles. The molecular weight excluding hydrogens is 360 g/mol. The molecule has 3 atom stereocenters. The minimum absolute atomic E-state index is 0.173. The van der Waals surface area contributed by atoms with Crippen LogP contribution in [0.25, 0.3) is 0 Å². The van der Waals surface area contributed by atoms with Crippen LogP contribution in [0.2, 0.25) is 0 Å². The van der Waals surface area contributed by atoms with Gasteiger partial charge in [0.1, 0.15) is 5.75 Å². The molecule has 29 heavy (non-hydrogen) atoms. The molecule has 0 amide bonds. The van der Waals surface area contributed by atoms with Gasteiger partial charge in [0, 0.05) is 0 Å². The van der Waals surface area contributed by atoms with Crippen LogP contribution in [0.5, 0.6) is 5.75 Å². The van der Waals surface area contributed by atoms with Gasteiger partial charge in [-0.15, -0.1) is 0 Å². The Labute approximate surface area is 176 Å². The first-order chi connectivity index (χ1) is 13.9. The van der Waals surface area contributed by atoms with Gasteiger partial charge in [0.2, 0.25) is 0 Å². The van der Waals surface area contributed by atoms with E-state index in [-0.39, 0.29) is 12.0 Å². The molecule has 0 aliphatic carbocycles. The average molecular weight is 399 g/mol. The second-order valence-electron chi connectivity index (χ2n) is 8.30. The third-order valence-corrected chi connectivity index (χ3v) is 5.99. The lowest BCUT2D eigenvalue weighted by Crippen LogP contribution is -2.29. The normalized spacial score (nSPS) is 15.5. The Morgan fingerprint density at radius 2 is 1.59 bits per heavy atom. The summed E-state index contributed by atoms with van der Waals surface area (Å²) < 4.78 is 5.49. The summed E-state index contributed by atoms with van der Waals surface area (Å²) in [7, 11) is 0. The molecule has 0 radical (unpaired) electrons. The van der Waals surface area contributed by atoms with Crippen LogP contribution in [0.3, 0.4) is 0 Å². The Balaban J connectivity index is 1.80. The molecule has 0 saturated carbocycles. The summed E-state index contributed by atoms with van der Waals surface area (Å²) >= 11 is 0. The summed E-state index contributed by atoms with van der Waals surface area (Å²) in [5, 5.41) is 21.1. The zero-order valence-corrected chi connectivity index (χ0v) is 18.5. The van der Waals surface area contributed by atoms with Gasteiger partial charge in [-0.1, -0.05) is 63.1 Å². The highest BCUT2D eigenvalue weighted by molar-refractivity contribution is 5.31. The zero-order valence-electron chi connectivity index (χ0n) is 18.5. The summed E-state index contributed by atoms with van der Waals surface area (Å²) in [6.45, 7) is 8.74. The van der Waals surface area contributed by atoms with Crippen LogP contribution < -0.4 is 4.74 Å². The van der Waals surface area contributed by atoms with Crippen LogP contribution in [0, 0.1) is 5.92 Å². The van der Waals surface area contributed by atoms with Gasteiger partial charge in [-0.2, -0.15) is 0 Å². The van der Waals surface area contributed by atoms with Crippen LogP contribution in [-0.2, 0) is 12.0 Å². The number of hydrogen-bond acceptors (Lipinski definition) is 3. The molecule has 2 aromatic rings. The van der Waals surface area contributed by atoms with Crippen LogP contribution in [-0.4, -0.2) is 16.8 Å². The maximum absolute atomic E-state index is 11.1. The lowest BCUT2D eigenvalue weighted by Gasteiger charge is -2.31. The number of aliphatic hydroxyl groups excluding tert-OH is 1. The molecule has 2 aromatic carbocycles. The summed E-state index contributed by atoms with van der Waals surface area (Å²) in [6, 6.07) is 16.2. The topological polar surface area (TPSA) is 49.7 Å². The van der Waals surface area contributed by atoms with Crippen molar-refractivity contribution < 1.29 is 14.9 Å². The van der Waals surface area contributed by atoms with Crippen molar-refractivity contribution in [3.63, 3.8) is 0 Å².